The summed E-state index contributed by atoms with van der Waals surface area (Å²) in [5, 5.41) is 4.16. The normalized spacial score (nSPS) is 24.6. The van der Waals surface area contributed by atoms with E-state index in [-0.39, 0.29) is 37.7 Å². The number of carbonyl (C=O) groups is 1. The molecule has 1 amide bonds. The number of alkyl carbamates (subject to hydrolysis) is 1. The average Bonchev–Trinajstić information content (AvgIpc) is 2.54. The number of hydrazine groups is 1. The maximum Gasteiger partial charge on any atom is 0.412 e. The Kier molecular flexibility index (Phi) is 6.65. The van der Waals surface area contributed by atoms with Crippen LogP contribution in [-0.2, 0) is 4.74 Å². The first-order valence-electron chi connectivity index (χ1n) is 9.28. The lowest BCUT2D eigenvalue weighted by molar-refractivity contribution is -0.146. The molecular formula is C18H29F4N3O2. The van der Waals surface area contributed by atoms with E-state index in [0.29, 0.717) is 18.7 Å². The second-order valence-electron chi connectivity index (χ2n) is 7.87. The van der Waals surface area contributed by atoms with E-state index < -0.39 is 23.9 Å². The van der Waals surface area contributed by atoms with Gasteiger partial charge in [-0.05, 0) is 30.3 Å². The van der Waals surface area contributed by atoms with Crippen molar-refractivity contribution in [3.63, 3.8) is 0 Å². The van der Waals surface area contributed by atoms with Crippen molar-refractivity contribution in [1.82, 2.24) is 15.8 Å². The van der Waals surface area contributed by atoms with Gasteiger partial charge in [-0.3, -0.25) is 10.3 Å². The highest BCUT2D eigenvalue weighted by Crippen LogP contribution is 2.46. The lowest BCUT2D eigenvalue weighted by Gasteiger charge is -2.37. The van der Waals surface area contributed by atoms with E-state index in [9.17, 15) is 22.4 Å². The summed E-state index contributed by atoms with van der Waals surface area (Å²) in [5.41, 5.74) is 3.67. The highest BCUT2D eigenvalue weighted by atomic mass is 19.3. The van der Waals surface area contributed by atoms with Crippen molar-refractivity contribution in [2.75, 3.05) is 20.7 Å². The summed E-state index contributed by atoms with van der Waals surface area (Å²) < 4.78 is 57.9. The molecule has 0 spiro atoms. The summed E-state index contributed by atoms with van der Waals surface area (Å²) in [6.45, 7) is 3.48. The zero-order valence-electron chi connectivity index (χ0n) is 16.3. The van der Waals surface area contributed by atoms with Crippen molar-refractivity contribution < 1.29 is 27.1 Å². The van der Waals surface area contributed by atoms with Crippen LogP contribution in [0.15, 0.2) is 11.4 Å². The maximum absolute atomic E-state index is 13.3. The smallest absolute Gasteiger partial charge is 0.412 e. The Labute approximate surface area is 157 Å². The molecule has 0 bridgehead atoms. The average molecular weight is 395 g/mol. The second kappa shape index (κ2) is 8.24. The Morgan fingerprint density at radius 2 is 1.89 bits per heavy atom. The molecule has 27 heavy (non-hydrogen) atoms. The molecule has 0 saturated heterocycles. The minimum Gasteiger partial charge on any atom is -0.449 e. The molecule has 9 heteroatoms. The number of carbonyl (C=O) groups excluding carboxylic acids is 1. The van der Waals surface area contributed by atoms with Crippen LogP contribution in [-0.4, -0.2) is 43.6 Å². The molecule has 2 aliphatic carbocycles. The fourth-order valence-electron chi connectivity index (χ4n) is 3.42. The monoisotopic (exact) mass is 395 g/mol. The van der Waals surface area contributed by atoms with E-state index >= 15 is 0 Å². The van der Waals surface area contributed by atoms with Crippen LogP contribution in [0.2, 0.25) is 0 Å². The minimum absolute atomic E-state index is 0.00119. The summed E-state index contributed by atoms with van der Waals surface area (Å²) >= 11 is 0. The van der Waals surface area contributed by atoms with Crippen molar-refractivity contribution in [3.8, 4) is 0 Å². The van der Waals surface area contributed by atoms with Gasteiger partial charge in [-0.1, -0.05) is 13.8 Å². The molecule has 0 aromatic rings. The third-order valence-electron chi connectivity index (χ3n) is 5.41. The molecule has 0 radical (unpaired) electrons. The summed E-state index contributed by atoms with van der Waals surface area (Å²) in [7, 11) is 3.32. The molecule has 1 atom stereocenters. The van der Waals surface area contributed by atoms with E-state index in [1.807, 2.05) is 13.8 Å². The number of allylic oxidation sites excluding steroid dienone is 1. The zero-order valence-corrected chi connectivity index (χ0v) is 16.3. The van der Waals surface area contributed by atoms with Crippen molar-refractivity contribution in [2.45, 2.75) is 57.8 Å². The topological polar surface area (TPSA) is 53.6 Å². The van der Waals surface area contributed by atoms with Crippen LogP contribution in [0.1, 0.15) is 46.0 Å². The van der Waals surface area contributed by atoms with Gasteiger partial charge >= 0.3 is 6.09 Å². The van der Waals surface area contributed by atoms with Gasteiger partial charge in [0.2, 0.25) is 5.92 Å². The van der Waals surface area contributed by atoms with E-state index in [1.165, 1.54) is 0 Å². The van der Waals surface area contributed by atoms with Crippen molar-refractivity contribution in [3.05, 3.63) is 11.4 Å². The van der Waals surface area contributed by atoms with Gasteiger partial charge in [0.1, 0.15) is 12.4 Å². The fraction of sp³-hybridized carbons (Fsp3) is 0.833. The first kappa shape index (κ1) is 21.8. The SMILES string of the molecule is CNN(C)/C(NC(=O)OCC1CCC1(F)F)=C(\CC1CC(F)(F)C1)C(C)C. The van der Waals surface area contributed by atoms with Gasteiger partial charge in [0, 0.05) is 33.4 Å². The molecule has 0 heterocycles. The molecule has 2 fully saturated rings. The number of halogens is 4. The number of nitrogens with one attached hydrogen (secondary N) is 2. The van der Waals surface area contributed by atoms with Crippen LogP contribution in [0, 0.1) is 17.8 Å². The zero-order chi connectivity index (χ0) is 20.4. The number of nitrogens with zero attached hydrogens (tertiary/aromatic N) is 1. The third-order valence-corrected chi connectivity index (χ3v) is 5.41. The Hall–Kier alpha value is -1.51. The maximum atomic E-state index is 13.3. The van der Waals surface area contributed by atoms with Gasteiger partial charge in [0.15, 0.2) is 0 Å². The summed E-state index contributed by atoms with van der Waals surface area (Å²) in [4.78, 5) is 12.1. The highest BCUT2D eigenvalue weighted by molar-refractivity contribution is 5.69. The molecule has 2 rings (SSSR count). The van der Waals surface area contributed by atoms with Crippen molar-refractivity contribution in [1.29, 1.82) is 0 Å². The molecule has 2 saturated carbocycles. The molecule has 156 valence electrons. The first-order valence-corrected chi connectivity index (χ1v) is 9.28. The number of rotatable bonds is 8. The fourth-order valence-corrected chi connectivity index (χ4v) is 3.42. The summed E-state index contributed by atoms with van der Waals surface area (Å²) in [6.07, 6.45) is -0.587. The Morgan fingerprint density at radius 1 is 1.26 bits per heavy atom. The van der Waals surface area contributed by atoms with Gasteiger partial charge in [0.25, 0.3) is 5.92 Å². The number of ether oxygens (including phenoxy) is 1. The van der Waals surface area contributed by atoms with Crippen LogP contribution in [0.25, 0.3) is 0 Å². The van der Waals surface area contributed by atoms with Crippen molar-refractivity contribution in [2.24, 2.45) is 17.8 Å². The Morgan fingerprint density at radius 3 is 2.30 bits per heavy atom. The number of hydrogen-bond donors (Lipinski definition) is 2. The van der Waals surface area contributed by atoms with Gasteiger partial charge in [-0.2, -0.15) is 0 Å². The number of alkyl halides is 4. The summed E-state index contributed by atoms with van der Waals surface area (Å²) in [5.74, 6) is -6.07. The van der Waals surface area contributed by atoms with Gasteiger partial charge < -0.3 is 4.74 Å². The minimum atomic E-state index is -2.78. The van der Waals surface area contributed by atoms with Crippen LogP contribution >= 0.6 is 0 Å². The third kappa shape index (κ3) is 5.49. The van der Waals surface area contributed by atoms with Crippen LogP contribution in [0.3, 0.4) is 0 Å². The van der Waals surface area contributed by atoms with Crippen LogP contribution in [0.5, 0.6) is 0 Å². The van der Waals surface area contributed by atoms with Crippen LogP contribution < -0.4 is 10.7 Å². The van der Waals surface area contributed by atoms with E-state index in [4.69, 9.17) is 4.74 Å². The van der Waals surface area contributed by atoms with Gasteiger partial charge in [-0.15, -0.1) is 0 Å². The molecular weight excluding hydrogens is 366 g/mol. The molecule has 0 aromatic heterocycles. The number of hydrogen-bond acceptors (Lipinski definition) is 4. The molecule has 1 unspecified atom stereocenters. The Balaban J connectivity index is 2.04. The molecule has 0 aromatic carbocycles. The predicted octanol–water partition coefficient (Wildman–Crippen LogP) is 4.13. The first-order chi connectivity index (χ1) is 12.4. The lowest BCUT2D eigenvalue weighted by Crippen LogP contribution is -2.45. The van der Waals surface area contributed by atoms with E-state index in [2.05, 4.69) is 10.7 Å². The standard InChI is InChI=1S/C18H29F4N3O2/c1-11(2)14(7-12-8-17(19,20)9-12)15(25(4)23-3)24-16(26)27-10-13-5-6-18(13,21)22/h11-13,23H,5-10H2,1-4H3,(H,24,26)/b15-14+. The summed E-state index contributed by atoms with van der Waals surface area (Å²) in [6, 6.07) is 0. The highest BCUT2D eigenvalue weighted by Gasteiger charge is 2.49. The lowest BCUT2D eigenvalue weighted by atomic mass is 9.76. The molecule has 5 nitrogen and oxygen atoms in total. The second-order valence-corrected chi connectivity index (χ2v) is 7.87. The van der Waals surface area contributed by atoms with Crippen molar-refractivity contribution >= 4 is 6.09 Å². The molecule has 2 N–H and O–H groups in total. The number of amides is 1. The van der Waals surface area contributed by atoms with E-state index in [0.717, 1.165) is 5.57 Å². The molecule has 0 aliphatic heterocycles. The van der Waals surface area contributed by atoms with Gasteiger partial charge in [0.05, 0.1) is 5.92 Å². The predicted molar refractivity (Wildman–Crippen MR) is 93.1 cm³/mol. The van der Waals surface area contributed by atoms with E-state index in [1.54, 1.807) is 19.1 Å². The Bertz CT molecular complexity index is 573. The quantitative estimate of drug-likeness (QED) is 0.479. The molecule has 2 aliphatic rings. The van der Waals surface area contributed by atoms with Gasteiger partial charge in [-0.25, -0.2) is 27.8 Å². The van der Waals surface area contributed by atoms with Crippen LogP contribution in [0.4, 0.5) is 22.4 Å². The largest absolute Gasteiger partial charge is 0.449 e.